The molecule has 0 aromatic heterocycles. The van der Waals surface area contributed by atoms with Gasteiger partial charge in [-0.05, 0) is 0 Å². The largest absolute Gasteiger partial charge is 0.466 e. The quantitative estimate of drug-likeness (QED) is 0.323. The summed E-state index contributed by atoms with van der Waals surface area (Å²) in [7, 11) is -3.37. The van der Waals surface area contributed by atoms with E-state index in [1.807, 2.05) is 0 Å². The van der Waals surface area contributed by atoms with Gasteiger partial charge in [0.2, 0.25) is 0 Å². The van der Waals surface area contributed by atoms with Gasteiger partial charge in [-0.15, -0.1) is 0 Å². The zero-order chi connectivity index (χ0) is 8.62. The van der Waals surface area contributed by atoms with E-state index in [-0.39, 0.29) is 0 Å². The van der Waals surface area contributed by atoms with Gasteiger partial charge in [0.05, 0.1) is 0 Å². The molecule has 10 heteroatoms. The van der Waals surface area contributed by atoms with Crippen molar-refractivity contribution in [2.24, 2.45) is 0 Å². The summed E-state index contributed by atoms with van der Waals surface area (Å²) in [6.45, 7) is 0. The Hall–Kier alpha value is 0.681. The topological polar surface area (TPSA) is 96.2 Å². The number of hydrogen-bond acceptors (Lipinski definition) is 3. The first kappa shape index (κ1) is 13.3. The van der Waals surface area contributed by atoms with E-state index < -0.39 is 17.8 Å². The third-order valence-electron chi connectivity index (χ3n) is 0.236. The van der Waals surface area contributed by atoms with E-state index in [4.69, 9.17) is 27.5 Å². The molecule has 64 valence electrons. The highest BCUT2D eigenvalue weighted by molar-refractivity contribution is 7.45. The molecule has 0 aromatic rings. The first-order chi connectivity index (χ1) is 4.41. The van der Waals surface area contributed by atoms with Crippen LogP contribution in [-0.2, 0) is 12.8 Å². The lowest BCUT2D eigenvalue weighted by molar-refractivity contribution is 0.275. The zero-order valence-corrected chi connectivity index (χ0v) is 12.0. The van der Waals surface area contributed by atoms with E-state index in [1.165, 1.54) is 0 Å². The summed E-state index contributed by atoms with van der Waals surface area (Å²) in [6, 6.07) is 0. The van der Waals surface area contributed by atoms with Gasteiger partial charge in [0.15, 0.2) is 0 Å². The molecule has 6 nitrogen and oxygen atoms in total. The monoisotopic (exact) mass is 222 g/mol. The fourth-order valence-electron chi connectivity index (χ4n) is 0.118. The van der Waals surface area contributed by atoms with E-state index in [2.05, 4.69) is 0 Å². The molecule has 0 fully saturated rings. The molecule has 0 radical (unpaired) electrons. The zero-order valence-electron chi connectivity index (χ0n) is 5.72. The van der Waals surface area contributed by atoms with Crippen molar-refractivity contribution in [2.45, 2.75) is 0 Å². The van der Waals surface area contributed by atoms with Gasteiger partial charge in [-0.2, -0.15) is 0 Å². The first-order valence-electron chi connectivity index (χ1n) is 2.18. The van der Waals surface area contributed by atoms with Crippen molar-refractivity contribution in [3.05, 3.63) is 0 Å². The Bertz CT molecular complexity index is 86.9. The third kappa shape index (κ3) is 71.3. The van der Waals surface area contributed by atoms with Crippen molar-refractivity contribution in [3.63, 3.8) is 0 Å². The minimum absolute atomic E-state index is 0.444. The SMILES string of the molecule is O=P(O)(O)O.[SiH3]O[SiH2]O[SiH3]. The minimum atomic E-state index is -4.64. The van der Waals surface area contributed by atoms with Gasteiger partial charge in [-0.1, -0.05) is 0 Å². The molecule has 0 aliphatic heterocycles. The van der Waals surface area contributed by atoms with Crippen molar-refractivity contribution in [3.8, 4) is 0 Å². The Balaban J connectivity index is 0. The molecule has 0 amide bonds. The molecular formula is H11O6PSi3. The Labute approximate surface area is 66.9 Å². The second-order valence-corrected chi connectivity index (χ2v) is 7.09. The van der Waals surface area contributed by atoms with Gasteiger partial charge < -0.3 is 22.9 Å². The standard InChI is InChI=1S/H3O4P.H8O2Si3/c1-5(2,3)4;3-1-5-2-4/h(H3,1,2,3,4);5H2,3-4H3. The molecule has 10 heavy (non-hydrogen) atoms. The van der Waals surface area contributed by atoms with Crippen LogP contribution in [0.1, 0.15) is 0 Å². The molecule has 0 spiro atoms. The van der Waals surface area contributed by atoms with E-state index in [9.17, 15) is 0 Å². The molecule has 0 aliphatic rings. The molecule has 0 unspecified atom stereocenters. The van der Waals surface area contributed by atoms with Crippen LogP contribution >= 0.6 is 7.82 Å². The van der Waals surface area contributed by atoms with Crippen molar-refractivity contribution >= 4 is 38.8 Å². The van der Waals surface area contributed by atoms with Crippen LogP contribution in [0.2, 0.25) is 0 Å². The molecule has 0 heterocycles. The maximum atomic E-state index is 8.88. The fourth-order valence-corrected chi connectivity index (χ4v) is 3.18. The van der Waals surface area contributed by atoms with Gasteiger partial charge in [-0.25, -0.2) is 4.57 Å². The van der Waals surface area contributed by atoms with Crippen molar-refractivity contribution < 1.29 is 27.5 Å². The van der Waals surface area contributed by atoms with Crippen LogP contribution in [0.3, 0.4) is 0 Å². The summed E-state index contributed by atoms with van der Waals surface area (Å²) in [5, 5.41) is 0. The van der Waals surface area contributed by atoms with Crippen LogP contribution in [0.5, 0.6) is 0 Å². The summed E-state index contributed by atoms with van der Waals surface area (Å²) in [5.74, 6) is 0. The minimum Gasteiger partial charge on any atom is -0.449 e. The molecule has 0 saturated carbocycles. The number of rotatable bonds is 2. The van der Waals surface area contributed by atoms with E-state index in [0.717, 1.165) is 21.0 Å². The van der Waals surface area contributed by atoms with E-state index in [1.54, 1.807) is 0 Å². The molecule has 0 aromatic carbocycles. The summed E-state index contributed by atoms with van der Waals surface area (Å²) in [6.07, 6.45) is 0. The normalized spacial score (nSPS) is 11.9. The molecule has 0 saturated heterocycles. The molecule has 3 N–H and O–H groups in total. The van der Waals surface area contributed by atoms with Crippen LogP contribution in [-0.4, -0.2) is 45.7 Å². The lowest BCUT2D eigenvalue weighted by Gasteiger charge is -1.87. The maximum Gasteiger partial charge on any atom is 0.466 e. The van der Waals surface area contributed by atoms with Gasteiger partial charge in [0.1, 0.15) is 21.0 Å². The Morgan fingerprint density at radius 1 is 1.20 bits per heavy atom. The average Bonchev–Trinajstić information content (AvgIpc) is 1.63. The Morgan fingerprint density at radius 3 is 1.40 bits per heavy atom. The highest BCUT2D eigenvalue weighted by Gasteiger charge is 2.00. The molecule has 0 atom stereocenters. The van der Waals surface area contributed by atoms with Crippen LogP contribution in [0.15, 0.2) is 0 Å². The van der Waals surface area contributed by atoms with Gasteiger partial charge in [-0.3, -0.25) is 0 Å². The Kier molecular flexibility index (Phi) is 10.3. The lowest BCUT2D eigenvalue weighted by Crippen LogP contribution is -1.96. The van der Waals surface area contributed by atoms with Crippen LogP contribution in [0.4, 0.5) is 0 Å². The molecule has 0 bridgehead atoms. The Morgan fingerprint density at radius 2 is 1.40 bits per heavy atom. The predicted octanol–water partition coefficient (Wildman–Crippen LogP) is -4.35. The molecular weight excluding hydrogens is 211 g/mol. The second kappa shape index (κ2) is 7.78. The summed E-state index contributed by atoms with van der Waals surface area (Å²) < 4.78 is 18.4. The van der Waals surface area contributed by atoms with E-state index in [0.29, 0.717) is 0 Å². The maximum absolute atomic E-state index is 8.88. The summed E-state index contributed by atoms with van der Waals surface area (Å²) >= 11 is 0. The first-order valence-corrected chi connectivity index (χ1v) is 6.53. The highest BCUT2D eigenvalue weighted by atomic mass is 31.2. The van der Waals surface area contributed by atoms with E-state index >= 15 is 0 Å². The van der Waals surface area contributed by atoms with Gasteiger partial charge >= 0.3 is 7.82 Å². The predicted molar refractivity (Wildman–Crippen MR) is 44.9 cm³/mol. The molecule has 0 aliphatic carbocycles. The van der Waals surface area contributed by atoms with Crippen LogP contribution < -0.4 is 0 Å². The average molecular weight is 222 g/mol. The summed E-state index contributed by atoms with van der Waals surface area (Å²) in [4.78, 5) is 21.6. The van der Waals surface area contributed by atoms with Crippen LogP contribution in [0, 0.1) is 0 Å². The third-order valence-corrected chi connectivity index (χ3v) is 2.12. The number of hydrogen-bond donors (Lipinski definition) is 3. The van der Waals surface area contributed by atoms with Crippen LogP contribution in [0.25, 0.3) is 0 Å². The molecule has 0 rings (SSSR count). The van der Waals surface area contributed by atoms with Crippen molar-refractivity contribution in [1.29, 1.82) is 0 Å². The number of phosphoric acid groups is 1. The van der Waals surface area contributed by atoms with Crippen molar-refractivity contribution in [1.82, 2.24) is 0 Å². The van der Waals surface area contributed by atoms with Crippen molar-refractivity contribution in [2.75, 3.05) is 0 Å². The summed E-state index contributed by atoms with van der Waals surface area (Å²) in [5.41, 5.74) is 0. The highest BCUT2D eigenvalue weighted by Crippen LogP contribution is 2.25. The smallest absolute Gasteiger partial charge is 0.449 e. The van der Waals surface area contributed by atoms with Gasteiger partial charge in [0.25, 0.3) is 10.0 Å². The van der Waals surface area contributed by atoms with Gasteiger partial charge in [0, 0.05) is 0 Å². The fraction of sp³-hybridized carbons (Fsp3) is 0. The lowest BCUT2D eigenvalue weighted by atomic mass is 15.8. The second-order valence-electron chi connectivity index (χ2n) is 1.21.